The Bertz CT molecular complexity index is 1320. The van der Waals surface area contributed by atoms with Crippen molar-refractivity contribution in [3.8, 4) is 0 Å². The lowest BCUT2D eigenvalue weighted by Crippen LogP contribution is -2.52. The molecule has 2 aromatic rings. The van der Waals surface area contributed by atoms with Crippen molar-refractivity contribution >= 4 is 16.9 Å². The molecule has 37 heavy (non-hydrogen) atoms. The van der Waals surface area contributed by atoms with Crippen molar-refractivity contribution in [3.63, 3.8) is 0 Å². The van der Waals surface area contributed by atoms with Crippen LogP contribution in [0.3, 0.4) is 0 Å². The smallest absolute Gasteiger partial charge is 0.325 e. The Hall–Kier alpha value is -3.16. The van der Waals surface area contributed by atoms with Crippen LogP contribution >= 0.6 is 0 Å². The summed E-state index contributed by atoms with van der Waals surface area (Å²) < 4.78 is 11.5. The first-order valence-electron chi connectivity index (χ1n) is 13.3. The molecule has 1 aromatic carbocycles. The second-order valence-electron chi connectivity index (χ2n) is 10.8. The maximum Gasteiger partial charge on any atom is 0.325 e. The number of aromatic nitrogens is 1. The summed E-state index contributed by atoms with van der Waals surface area (Å²) in [6.45, 7) is 5.54. The molecule has 2 amide bonds. The van der Waals surface area contributed by atoms with Crippen molar-refractivity contribution in [1.82, 2.24) is 19.7 Å². The van der Waals surface area contributed by atoms with E-state index in [1.807, 2.05) is 29.1 Å². The molecule has 2 atom stereocenters. The number of likely N-dealkylation sites (tertiary alicyclic amines) is 1. The number of ether oxygens (including phenoxy) is 2. The van der Waals surface area contributed by atoms with Crippen LogP contribution in [-0.4, -0.2) is 78.3 Å². The summed E-state index contributed by atoms with van der Waals surface area (Å²) >= 11 is 0. The summed E-state index contributed by atoms with van der Waals surface area (Å²) in [7, 11) is 5.46. The quantitative estimate of drug-likeness (QED) is 0.608. The number of pyridine rings is 1. The summed E-state index contributed by atoms with van der Waals surface area (Å²) in [6, 6.07) is 10.6. The van der Waals surface area contributed by atoms with E-state index in [-0.39, 0.29) is 23.6 Å². The van der Waals surface area contributed by atoms with Gasteiger partial charge in [-0.1, -0.05) is 37.3 Å². The number of fused-ring (bicyclic) bond motifs is 3. The summed E-state index contributed by atoms with van der Waals surface area (Å²) in [5.74, 6) is 1.10. The fourth-order valence-electron chi connectivity index (χ4n) is 6.90. The minimum atomic E-state index is -0.274. The number of urea groups is 1. The molecule has 194 valence electrons. The van der Waals surface area contributed by atoms with Crippen molar-refractivity contribution in [2.75, 3.05) is 40.9 Å². The van der Waals surface area contributed by atoms with Gasteiger partial charge in [0, 0.05) is 63.4 Å². The van der Waals surface area contributed by atoms with Crippen LogP contribution in [0.1, 0.15) is 31.7 Å². The minimum absolute atomic E-state index is 0.0261. The molecular formula is C30H36N4O3. The van der Waals surface area contributed by atoms with Gasteiger partial charge in [0.05, 0.1) is 36.6 Å². The number of amides is 2. The van der Waals surface area contributed by atoms with Crippen LogP contribution < -0.4 is 0 Å². The number of nitrogens with zero attached hydrogens (tertiary/aromatic N) is 4. The first-order chi connectivity index (χ1) is 17.9. The zero-order chi connectivity index (χ0) is 25.7. The van der Waals surface area contributed by atoms with E-state index in [2.05, 4.69) is 53.2 Å². The number of hydrogen-bond donors (Lipinski definition) is 0. The molecule has 3 aliphatic heterocycles. The highest BCUT2D eigenvalue weighted by molar-refractivity contribution is 5.83. The molecule has 4 heterocycles. The molecule has 0 bridgehead atoms. The maximum atomic E-state index is 13.7. The molecule has 2 fully saturated rings. The molecule has 1 aromatic heterocycles. The highest BCUT2D eigenvalue weighted by Crippen LogP contribution is 2.47. The fraction of sp³-hybridized carbons (Fsp3) is 0.467. The number of allylic oxidation sites excluding steroid dienone is 1. The highest BCUT2D eigenvalue weighted by Gasteiger charge is 2.54. The first kappa shape index (κ1) is 24.2. The maximum absolute atomic E-state index is 13.7. The van der Waals surface area contributed by atoms with Gasteiger partial charge < -0.3 is 14.4 Å². The SMILES string of the molecule is COC1=CC2=C(C(C)C=C3N(C2)C(=O)N(C)C32CCN(Cc3cccc4cccnc34)CC2)C(OC)C1. The normalized spacial score (nSPS) is 25.7. The largest absolute Gasteiger partial charge is 0.501 e. The van der Waals surface area contributed by atoms with E-state index in [1.165, 1.54) is 16.5 Å². The number of likely N-dealkylation sites (N-methyl/N-ethyl adjacent to an activating group) is 1. The summed E-state index contributed by atoms with van der Waals surface area (Å²) in [5.41, 5.74) is 5.65. The van der Waals surface area contributed by atoms with Gasteiger partial charge in [-0.05, 0) is 41.7 Å². The Morgan fingerprint density at radius 1 is 1.14 bits per heavy atom. The van der Waals surface area contributed by atoms with Gasteiger partial charge in [-0.25, -0.2) is 4.79 Å². The lowest BCUT2D eigenvalue weighted by Gasteiger charge is -2.43. The second-order valence-corrected chi connectivity index (χ2v) is 10.8. The van der Waals surface area contributed by atoms with E-state index >= 15 is 0 Å². The molecule has 1 aliphatic carbocycles. The van der Waals surface area contributed by atoms with Crippen LogP contribution in [0, 0.1) is 5.92 Å². The van der Waals surface area contributed by atoms with Crippen molar-refractivity contribution < 1.29 is 14.3 Å². The van der Waals surface area contributed by atoms with Gasteiger partial charge in [0.1, 0.15) is 0 Å². The van der Waals surface area contributed by atoms with Crippen LogP contribution in [0.5, 0.6) is 0 Å². The molecule has 0 N–H and O–H groups in total. The zero-order valence-electron chi connectivity index (χ0n) is 22.2. The molecule has 2 unspecified atom stereocenters. The number of carbonyl (C=O) groups excluding carboxylic acids is 1. The first-order valence-corrected chi connectivity index (χ1v) is 13.3. The zero-order valence-corrected chi connectivity index (χ0v) is 22.2. The lowest BCUT2D eigenvalue weighted by atomic mass is 9.81. The number of piperidine rings is 1. The molecule has 0 saturated carbocycles. The molecular weight excluding hydrogens is 464 g/mol. The Morgan fingerprint density at radius 3 is 2.68 bits per heavy atom. The summed E-state index contributed by atoms with van der Waals surface area (Å²) in [5, 5.41) is 1.18. The van der Waals surface area contributed by atoms with Crippen LogP contribution in [0.4, 0.5) is 4.79 Å². The van der Waals surface area contributed by atoms with Gasteiger partial charge in [0.15, 0.2) is 0 Å². The number of carbonyl (C=O) groups is 1. The molecule has 1 spiro atoms. The Balaban J connectivity index is 1.27. The van der Waals surface area contributed by atoms with Gasteiger partial charge >= 0.3 is 6.03 Å². The van der Waals surface area contributed by atoms with Crippen LogP contribution in [0.15, 0.2) is 71.3 Å². The third-order valence-electron chi connectivity index (χ3n) is 8.93. The molecule has 0 radical (unpaired) electrons. The average Bonchev–Trinajstić information content (AvgIpc) is 3.03. The van der Waals surface area contributed by atoms with Gasteiger partial charge in [-0.3, -0.25) is 14.8 Å². The topological polar surface area (TPSA) is 58.1 Å². The number of hydrogen-bond acceptors (Lipinski definition) is 5. The third-order valence-corrected chi connectivity index (χ3v) is 8.93. The number of benzene rings is 1. The monoisotopic (exact) mass is 500 g/mol. The van der Waals surface area contributed by atoms with Gasteiger partial charge in [0.25, 0.3) is 0 Å². The van der Waals surface area contributed by atoms with Crippen molar-refractivity contribution in [1.29, 1.82) is 0 Å². The van der Waals surface area contributed by atoms with Crippen LogP contribution in [-0.2, 0) is 16.0 Å². The van der Waals surface area contributed by atoms with E-state index in [0.29, 0.717) is 6.54 Å². The van der Waals surface area contributed by atoms with E-state index in [9.17, 15) is 4.79 Å². The molecule has 7 heteroatoms. The number of methoxy groups -OCH3 is 2. The van der Waals surface area contributed by atoms with E-state index < -0.39 is 0 Å². The highest BCUT2D eigenvalue weighted by atomic mass is 16.5. The van der Waals surface area contributed by atoms with Crippen LogP contribution in [0.2, 0.25) is 0 Å². The lowest BCUT2D eigenvalue weighted by molar-refractivity contribution is 0.0990. The van der Waals surface area contributed by atoms with Crippen molar-refractivity contribution in [3.05, 3.63) is 76.8 Å². The van der Waals surface area contributed by atoms with E-state index in [1.54, 1.807) is 14.2 Å². The predicted molar refractivity (Wildman–Crippen MR) is 144 cm³/mol. The van der Waals surface area contributed by atoms with E-state index in [4.69, 9.17) is 9.47 Å². The molecule has 4 aliphatic rings. The predicted octanol–water partition coefficient (Wildman–Crippen LogP) is 4.72. The van der Waals surface area contributed by atoms with E-state index in [0.717, 1.165) is 61.4 Å². The van der Waals surface area contributed by atoms with Crippen molar-refractivity contribution in [2.45, 2.75) is 44.4 Å². The van der Waals surface area contributed by atoms with Gasteiger partial charge in [0.2, 0.25) is 0 Å². The fourth-order valence-corrected chi connectivity index (χ4v) is 6.90. The average molecular weight is 501 g/mol. The van der Waals surface area contributed by atoms with Crippen molar-refractivity contribution in [2.24, 2.45) is 5.92 Å². The Morgan fingerprint density at radius 2 is 1.92 bits per heavy atom. The van der Waals surface area contributed by atoms with Gasteiger partial charge in [-0.15, -0.1) is 0 Å². The molecule has 6 rings (SSSR count). The third kappa shape index (κ3) is 3.87. The Labute approximate surface area is 219 Å². The number of rotatable bonds is 4. The molecule has 7 nitrogen and oxygen atoms in total. The Kier molecular flexibility index (Phi) is 6.08. The number of para-hydroxylation sites is 1. The minimum Gasteiger partial charge on any atom is -0.501 e. The summed E-state index contributed by atoms with van der Waals surface area (Å²) in [6.07, 6.45) is 8.87. The standard InChI is InChI=1S/C30H36N4O3/c1-20-15-26-30(10-13-33(14-11-30)18-22-8-5-7-21-9-6-12-31-28(21)22)32(2)29(35)34(26)19-23-16-24(36-3)17-25(37-4)27(20)23/h5-9,12,15-16,20,25H,10-11,13-14,17-19H2,1-4H3. The van der Waals surface area contributed by atoms with Gasteiger partial charge in [-0.2, -0.15) is 0 Å². The van der Waals surface area contributed by atoms with Crippen LogP contribution in [0.25, 0.3) is 10.9 Å². The summed E-state index contributed by atoms with van der Waals surface area (Å²) in [4.78, 5) is 24.8. The second kappa shape index (κ2) is 9.30. The molecule has 2 saturated heterocycles.